The van der Waals surface area contributed by atoms with Gasteiger partial charge in [0.15, 0.2) is 5.78 Å². The Balaban J connectivity index is 1.51. The van der Waals surface area contributed by atoms with E-state index in [9.17, 15) is 20.1 Å². The number of alkyl halides is 1. The SMILES string of the molecule is C=C(CC[C@H](O)[C@@]1(C)CC[C@H](C(C)(C)O)O1)C(=O)CC[C@H]1O[C@@H]([C@]2(C)CC[C@@H](Br)C(C)(C)O2)CC[C@]1(C)O. The molecular weight excluding hydrogens is 552 g/mol. The first-order valence-corrected chi connectivity index (χ1v) is 15.2. The van der Waals surface area contributed by atoms with Gasteiger partial charge in [-0.05, 0) is 112 Å². The van der Waals surface area contributed by atoms with Gasteiger partial charge in [-0.3, -0.25) is 4.79 Å². The summed E-state index contributed by atoms with van der Waals surface area (Å²) in [6.07, 6.45) is 4.11. The van der Waals surface area contributed by atoms with Crippen LogP contribution in [0.4, 0.5) is 0 Å². The molecule has 3 N–H and O–H groups in total. The van der Waals surface area contributed by atoms with Crippen LogP contribution >= 0.6 is 15.9 Å². The van der Waals surface area contributed by atoms with Crippen molar-refractivity contribution in [2.75, 3.05) is 0 Å². The highest BCUT2D eigenvalue weighted by Gasteiger charge is 2.51. The van der Waals surface area contributed by atoms with E-state index in [1.54, 1.807) is 20.8 Å². The third kappa shape index (κ3) is 7.29. The number of ether oxygens (including phenoxy) is 3. The zero-order chi connectivity index (χ0) is 28.7. The number of aliphatic hydroxyl groups is 3. The van der Waals surface area contributed by atoms with Crippen LogP contribution < -0.4 is 0 Å². The molecule has 0 aromatic heterocycles. The number of aliphatic hydroxyl groups excluding tert-OH is 1. The fourth-order valence-electron chi connectivity index (χ4n) is 6.33. The van der Waals surface area contributed by atoms with E-state index in [4.69, 9.17) is 14.2 Å². The second kappa shape index (κ2) is 11.5. The Kier molecular flexibility index (Phi) is 9.73. The van der Waals surface area contributed by atoms with Crippen molar-refractivity contribution >= 4 is 21.7 Å². The van der Waals surface area contributed by atoms with Crippen LogP contribution in [0.5, 0.6) is 0 Å². The summed E-state index contributed by atoms with van der Waals surface area (Å²) in [5, 5.41) is 32.2. The molecule has 3 fully saturated rings. The van der Waals surface area contributed by atoms with Gasteiger partial charge < -0.3 is 29.5 Å². The molecule has 8 atom stereocenters. The molecule has 3 rings (SSSR count). The molecule has 0 aromatic carbocycles. The van der Waals surface area contributed by atoms with E-state index in [0.29, 0.717) is 50.5 Å². The predicted octanol–water partition coefficient (Wildman–Crippen LogP) is 5.15. The maximum atomic E-state index is 12.9. The highest BCUT2D eigenvalue weighted by Crippen LogP contribution is 2.45. The van der Waals surface area contributed by atoms with Gasteiger partial charge in [0, 0.05) is 11.2 Å². The van der Waals surface area contributed by atoms with Crippen molar-refractivity contribution in [2.24, 2.45) is 0 Å². The molecule has 3 aliphatic rings. The smallest absolute Gasteiger partial charge is 0.158 e. The molecule has 8 heteroatoms. The molecular formula is C30H51BrO7. The van der Waals surface area contributed by atoms with Gasteiger partial charge >= 0.3 is 0 Å². The molecule has 0 unspecified atom stereocenters. The van der Waals surface area contributed by atoms with Crippen LogP contribution in [-0.2, 0) is 19.0 Å². The van der Waals surface area contributed by atoms with Gasteiger partial charge in [0.25, 0.3) is 0 Å². The minimum atomic E-state index is -1.02. The lowest BCUT2D eigenvalue weighted by molar-refractivity contribution is -0.261. The fraction of sp³-hybridized carbons (Fsp3) is 0.900. The molecule has 0 aliphatic carbocycles. The monoisotopic (exact) mass is 602 g/mol. The summed E-state index contributed by atoms with van der Waals surface area (Å²) in [4.78, 5) is 13.2. The quantitative estimate of drug-likeness (QED) is 0.234. The lowest BCUT2D eigenvalue weighted by Gasteiger charge is -2.53. The lowest BCUT2D eigenvalue weighted by Crippen LogP contribution is -2.60. The molecule has 3 aliphatic heterocycles. The molecule has 0 radical (unpaired) electrons. The number of carbonyl (C=O) groups excluding carboxylic acids is 1. The summed E-state index contributed by atoms with van der Waals surface area (Å²) < 4.78 is 19.0. The van der Waals surface area contributed by atoms with E-state index >= 15 is 0 Å². The van der Waals surface area contributed by atoms with E-state index in [-0.39, 0.29) is 34.8 Å². The summed E-state index contributed by atoms with van der Waals surface area (Å²) in [5.74, 6) is -0.0750. The summed E-state index contributed by atoms with van der Waals surface area (Å²) >= 11 is 3.74. The van der Waals surface area contributed by atoms with Crippen molar-refractivity contribution < 1.29 is 34.3 Å². The van der Waals surface area contributed by atoms with Gasteiger partial charge in [0.1, 0.15) is 0 Å². The third-order valence-electron chi connectivity index (χ3n) is 9.32. The standard InChI is InChI=1S/C30H51BrO7/c1-19(9-11-22(33)29(7)18-15-23(37-29)26(2,3)34)20(32)10-12-24-28(6,35)16-14-25(36-24)30(8)17-13-21(31)27(4,5)38-30/h21-25,33-35H,1,9-18H2,2-8H3/t21-,22+,23-,24-,25-,28+,29-,30+/m1/s1. The van der Waals surface area contributed by atoms with Crippen molar-refractivity contribution in [3.05, 3.63) is 12.2 Å². The number of ketones is 1. The number of halogens is 1. The first-order chi connectivity index (χ1) is 17.3. The molecule has 0 spiro atoms. The Morgan fingerprint density at radius 2 is 1.74 bits per heavy atom. The third-order valence-corrected chi connectivity index (χ3v) is 10.9. The lowest BCUT2D eigenvalue weighted by atomic mass is 9.78. The van der Waals surface area contributed by atoms with Gasteiger partial charge in [-0.1, -0.05) is 22.5 Å². The number of hydrogen-bond donors (Lipinski definition) is 3. The average Bonchev–Trinajstić information content (AvgIpc) is 3.22. The molecule has 7 nitrogen and oxygen atoms in total. The normalized spacial score (nSPS) is 40.6. The molecule has 0 bridgehead atoms. The second-order valence-electron chi connectivity index (χ2n) is 13.8. The van der Waals surface area contributed by atoms with Crippen molar-refractivity contribution in [3.8, 4) is 0 Å². The Labute approximate surface area is 237 Å². The van der Waals surface area contributed by atoms with E-state index in [1.807, 2.05) is 6.92 Å². The van der Waals surface area contributed by atoms with Crippen molar-refractivity contribution in [3.63, 3.8) is 0 Å². The number of Topliss-reactive ketones (excluding diaryl/α,β-unsaturated/α-hetero) is 1. The fourth-order valence-corrected chi connectivity index (χ4v) is 6.65. The molecule has 3 heterocycles. The molecule has 0 amide bonds. The largest absolute Gasteiger partial charge is 0.390 e. The van der Waals surface area contributed by atoms with Gasteiger partial charge in [-0.15, -0.1) is 0 Å². The van der Waals surface area contributed by atoms with Gasteiger partial charge in [-0.2, -0.15) is 0 Å². The zero-order valence-electron chi connectivity index (χ0n) is 24.5. The van der Waals surface area contributed by atoms with Crippen molar-refractivity contribution in [1.29, 1.82) is 0 Å². The number of carbonyl (C=O) groups is 1. The van der Waals surface area contributed by atoms with Gasteiger partial charge in [-0.25, -0.2) is 0 Å². The van der Waals surface area contributed by atoms with E-state index in [0.717, 1.165) is 12.8 Å². The Morgan fingerprint density at radius 1 is 1.08 bits per heavy atom. The minimum absolute atomic E-state index is 0.0750. The highest BCUT2D eigenvalue weighted by molar-refractivity contribution is 9.09. The van der Waals surface area contributed by atoms with Crippen LogP contribution in [0.1, 0.15) is 113 Å². The molecule has 3 saturated heterocycles. The Morgan fingerprint density at radius 3 is 2.32 bits per heavy atom. The maximum absolute atomic E-state index is 12.9. The minimum Gasteiger partial charge on any atom is -0.390 e. The summed E-state index contributed by atoms with van der Waals surface area (Å²) in [5.41, 5.74) is -3.04. The van der Waals surface area contributed by atoms with Crippen LogP contribution in [0.3, 0.4) is 0 Å². The van der Waals surface area contributed by atoms with E-state index < -0.39 is 34.6 Å². The number of allylic oxidation sites excluding steroid dienone is 1. The summed E-state index contributed by atoms with van der Waals surface area (Å²) in [6.45, 7) is 17.3. The number of hydrogen-bond acceptors (Lipinski definition) is 7. The van der Waals surface area contributed by atoms with Crippen LogP contribution in [-0.4, -0.2) is 78.4 Å². The van der Waals surface area contributed by atoms with Crippen molar-refractivity contribution in [2.45, 2.75) is 170 Å². The Bertz CT molecular complexity index is 865. The molecule has 38 heavy (non-hydrogen) atoms. The summed E-state index contributed by atoms with van der Waals surface area (Å²) in [7, 11) is 0. The zero-order valence-corrected chi connectivity index (χ0v) is 26.1. The van der Waals surface area contributed by atoms with Crippen LogP contribution in [0.2, 0.25) is 0 Å². The van der Waals surface area contributed by atoms with Gasteiger partial charge in [0.05, 0.1) is 52.4 Å². The van der Waals surface area contributed by atoms with Crippen LogP contribution in [0.25, 0.3) is 0 Å². The summed E-state index contributed by atoms with van der Waals surface area (Å²) in [6, 6.07) is 0. The Hall–Kier alpha value is -0.350. The molecule has 0 saturated carbocycles. The number of rotatable bonds is 10. The first-order valence-electron chi connectivity index (χ1n) is 14.3. The average molecular weight is 604 g/mol. The maximum Gasteiger partial charge on any atom is 0.158 e. The topological polar surface area (TPSA) is 105 Å². The highest BCUT2D eigenvalue weighted by atomic mass is 79.9. The molecule has 0 aromatic rings. The molecule has 220 valence electrons. The van der Waals surface area contributed by atoms with Crippen LogP contribution in [0.15, 0.2) is 12.2 Å². The van der Waals surface area contributed by atoms with E-state index in [2.05, 4.69) is 43.3 Å². The van der Waals surface area contributed by atoms with Gasteiger partial charge in [0.2, 0.25) is 0 Å². The van der Waals surface area contributed by atoms with Crippen LogP contribution in [0, 0.1) is 0 Å². The second-order valence-corrected chi connectivity index (χ2v) is 14.9. The predicted molar refractivity (Wildman–Crippen MR) is 151 cm³/mol. The first kappa shape index (κ1) is 32.2. The van der Waals surface area contributed by atoms with Crippen molar-refractivity contribution in [1.82, 2.24) is 0 Å². The van der Waals surface area contributed by atoms with E-state index in [1.165, 1.54) is 0 Å².